The summed E-state index contributed by atoms with van der Waals surface area (Å²) in [6.07, 6.45) is 5.66. The van der Waals surface area contributed by atoms with Crippen molar-refractivity contribution in [2.24, 2.45) is 5.92 Å². The van der Waals surface area contributed by atoms with Gasteiger partial charge in [-0.05, 0) is 49.7 Å². The van der Waals surface area contributed by atoms with E-state index in [-0.39, 0.29) is 24.2 Å². The smallest absolute Gasteiger partial charge is 0.228 e. The Hall–Kier alpha value is -1.85. The lowest BCUT2D eigenvalue weighted by Crippen LogP contribution is -2.37. The number of nitrogens with one attached hydrogen (secondary N) is 2. The summed E-state index contributed by atoms with van der Waals surface area (Å²) in [4.78, 5) is 12.1. The summed E-state index contributed by atoms with van der Waals surface area (Å²) in [5.41, 5.74) is 1.81. The number of carbonyl (C=O) groups excluding carboxylic acids is 1. The highest BCUT2D eigenvalue weighted by molar-refractivity contribution is 5.92. The van der Waals surface area contributed by atoms with Gasteiger partial charge in [-0.1, -0.05) is 0 Å². The van der Waals surface area contributed by atoms with Crippen molar-refractivity contribution >= 4 is 24.0 Å². The topological polar surface area (TPSA) is 59.0 Å². The molecular weight excluding hydrogens is 288 g/mol. The van der Waals surface area contributed by atoms with E-state index in [1.807, 2.05) is 36.5 Å². The molecule has 1 saturated heterocycles. The maximum Gasteiger partial charge on any atom is 0.228 e. The molecule has 1 atom stereocenters. The van der Waals surface area contributed by atoms with E-state index in [1.54, 1.807) is 10.9 Å². The van der Waals surface area contributed by atoms with Crippen LogP contribution in [0.15, 0.2) is 42.7 Å². The molecule has 2 N–H and O–H groups in total. The summed E-state index contributed by atoms with van der Waals surface area (Å²) in [7, 11) is 0. The Labute approximate surface area is 130 Å². The predicted molar refractivity (Wildman–Crippen MR) is 85.0 cm³/mol. The number of carbonyl (C=O) groups is 1. The van der Waals surface area contributed by atoms with Gasteiger partial charge in [-0.2, -0.15) is 5.10 Å². The molecule has 112 valence electrons. The number of benzene rings is 1. The van der Waals surface area contributed by atoms with Gasteiger partial charge in [-0.25, -0.2) is 4.68 Å². The molecule has 0 radical (unpaired) electrons. The maximum atomic E-state index is 12.1. The van der Waals surface area contributed by atoms with Crippen LogP contribution in [0.1, 0.15) is 12.8 Å². The van der Waals surface area contributed by atoms with E-state index in [2.05, 4.69) is 15.7 Å². The molecule has 0 saturated carbocycles. The lowest BCUT2D eigenvalue weighted by molar-refractivity contribution is -0.120. The first kappa shape index (κ1) is 15.5. The zero-order chi connectivity index (χ0) is 13.8. The largest absolute Gasteiger partial charge is 0.326 e. The first-order valence-corrected chi connectivity index (χ1v) is 6.94. The lowest BCUT2D eigenvalue weighted by atomic mass is 9.99. The van der Waals surface area contributed by atoms with Crippen LogP contribution < -0.4 is 10.6 Å². The summed E-state index contributed by atoms with van der Waals surface area (Å²) < 4.78 is 1.79. The zero-order valence-electron chi connectivity index (χ0n) is 11.7. The van der Waals surface area contributed by atoms with Crippen LogP contribution in [0.2, 0.25) is 0 Å². The maximum absolute atomic E-state index is 12.1. The molecule has 1 fully saturated rings. The van der Waals surface area contributed by atoms with Gasteiger partial charge in [-0.15, -0.1) is 12.4 Å². The van der Waals surface area contributed by atoms with Crippen molar-refractivity contribution in [2.75, 3.05) is 18.4 Å². The van der Waals surface area contributed by atoms with Crippen LogP contribution in [0.5, 0.6) is 0 Å². The Morgan fingerprint density at radius 3 is 2.76 bits per heavy atom. The normalized spacial score (nSPS) is 17.8. The molecule has 1 unspecified atom stereocenters. The van der Waals surface area contributed by atoms with Crippen molar-refractivity contribution in [1.29, 1.82) is 0 Å². The second kappa shape index (κ2) is 7.24. The molecule has 1 aromatic heterocycles. The van der Waals surface area contributed by atoms with Crippen LogP contribution >= 0.6 is 12.4 Å². The number of anilines is 1. The fourth-order valence-corrected chi connectivity index (χ4v) is 2.44. The number of hydrogen-bond acceptors (Lipinski definition) is 3. The summed E-state index contributed by atoms with van der Waals surface area (Å²) >= 11 is 0. The van der Waals surface area contributed by atoms with Crippen LogP contribution in [0.4, 0.5) is 5.69 Å². The van der Waals surface area contributed by atoms with E-state index in [0.29, 0.717) is 0 Å². The number of aromatic nitrogens is 2. The monoisotopic (exact) mass is 306 g/mol. The van der Waals surface area contributed by atoms with E-state index in [0.717, 1.165) is 37.3 Å². The predicted octanol–water partition coefficient (Wildman–Crippen LogP) is 2.23. The third-order valence-electron chi connectivity index (χ3n) is 3.57. The van der Waals surface area contributed by atoms with Crippen LogP contribution in [-0.2, 0) is 4.79 Å². The van der Waals surface area contributed by atoms with Gasteiger partial charge < -0.3 is 10.6 Å². The minimum atomic E-state index is 0. The fraction of sp³-hybridized carbons (Fsp3) is 0.333. The molecule has 2 heterocycles. The molecule has 0 bridgehead atoms. The SMILES string of the molecule is Cl.O=C(Nc1ccc(-n2cccn2)cc1)C1CCCNC1. The third kappa shape index (κ3) is 3.83. The Morgan fingerprint density at radius 1 is 1.33 bits per heavy atom. The highest BCUT2D eigenvalue weighted by atomic mass is 35.5. The van der Waals surface area contributed by atoms with Crippen molar-refractivity contribution in [3.8, 4) is 5.69 Å². The molecule has 1 aliphatic rings. The zero-order valence-corrected chi connectivity index (χ0v) is 12.5. The highest BCUT2D eigenvalue weighted by Gasteiger charge is 2.20. The Morgan fingerprint density at radius 2 is 2.14 bits per heavy atom. The van der Waals surface area contributed by atoms with Gasteiger partial charge in [0.05, 0.1) is 11.6 Å². The Balaban J connectivity index is 0.00000161. The lowest BCUT2D eigenvalue weighted by Gasteiger charge is -2.21. The highest BCUT2D eigenvalue weighted by Crippen LogP contribution is 2.16. The number of amides is 1. The van der Waals surface area contributed by atoms with E-state index < -0.39 is 0 Å². The number of rotatable bonds is 3. The molecule has 21 heavy (non-hydrogen) atoms. The molecule has 2 aromatic rings. The van der Waals surface area contributed by atoms with Crippen molar-refractivity contribution < 1.29 is 4.79 Å². The van der Waals surface area contributed by atoms with Gasteiger partial charge in [0.15, 0.2) is 0 Å². The number of hydrogen-bond donors (Lipinski definition) is 2. The fourth-order valence-electron chi connectivity index (χ4n) is 2.44. The summed E-state index contributed by atoms with van der Waals surface area (Å²) in [5, 5.41) is 10.4. The van der Waals surface area contributed by atoms with Gasteiger partial charge >= 0.3 is 0 Å². The van der Waals surface area contributed by atoms with Crippen LogP contribution in [0, 0.1) is 5.92 Å². The van der Waals surface area contributed by atoms with E-state index >= 15 is 0 Å². The standard InChI is InChI=1S/C15H18N4O.ClH/c20-15(12-3-1-8-16-11-12)18-13-4-6-14(7-5-13)19-10-2-9-17-19;/h2,4-7,9-10,12,16H,1,3,8,11H2,(H,18,20);1H. The first-order valence-electron chi connectivity index (χ1n) is 6.94. The molecule has 6 heteroatoms. The Kier molecular flexibility index (Phi) is 5.36. The van der Waals surface area contributed by atoms with Crippen LogP contribution in [-0.4, -0.2) is 28.8 Å². The molecule has 1 aliphatic heterocycles. The molecule has 0 aliphatic carbocycles. The van der Waals surface area contributed by atoms with Gasteiger partial charge in [0.1, 0.15) is 0 Å². The Bertz CT molecular complexity index is 562. The average Bonchev–Trinajstić information content (AvgIpc) is 3.03. The summed E-state index contributed by atoms with van der Waals surface area (Å²) in [5.74, 6) is 0.179. The van der Waals surface area contributed by atoms with E-state index in [1.165, 1.54) is 0 Å². The van der Waals surface area contributed by atoms with E-state index in [4.69, 9.17) is 0 Å². The second-order valence-corrected chi connectivity index (χ2v) is 5.03. The molecule has 1 aromatic carbocycles. The summed E-state index contributed by atoms with van der Waals surface area (Å²) in [6.45, 7) is 1.79. The first-order chi connectivity index (χ1) is 9.83. The van der Waals surface area contributed by atoms with Gasteiger partial charge in [0.25, 0.3) is 0 Å². The van der Waals surface area contributed by atoms with Crippen molar-refractivity contribution in [1.82, 2.24) is 15.1 Å². The van der Waals surface area contributed by atoms with Crippen LogP contribution in [0.25, 0.3) is 5.69 Å². The molecular formula is C15H19ClN4O. The molecule has 1 amide bonds. The average molecular weight is 307 g/mol. The molecule has 3 rings (SSSR count). The van der Waals surface area contributed by atoms with Crippen LogP contribution in [0.3, 0.4) is 0 Å². The minimum absolute atomic E-state index is 0. The number of piperidine rings is 1. The van der Waals surface area contributed by atoms with Crippen molar-refractivity contribution in [3.63, 3.8) is 0 Å². The second-order valence-electron chi connectivity index (χ2n) is 5.03. The van der Waals surface area contributed by atoms with Gasteiger partial charge in [0.2, 0.25) is 5.91 Å². The third-order valence-corrected chi connectivity index (χ3v) is 3.57. The van der Waals surface area contributed by atoms with Gasteiger partial charge in [0, 0.05) is 24.6 Å². The molecule has 0 spiro atoms. The van der Waals surface area contributed by atoms with Gasteiger partial charge in [-0.3, -0.25) is 4.79 Å². The molecule has 5 nitrogen and oxygen atoms in total. The van der Waals surface area contributed by atoms with E-state index in [9.17, 15) is 4.79 Å². The quantitative estimate of drug-likeness (QED) is 0.914. The van der Waals surface area contributed by atoms with Crippen molar-refractivity contribution in [3.05, 3.63) is 42.7 Å². The number of halogens is 1. The number of nitrogens with zero attached hydrogens (tertiary/aromatic N) is 2. The summed E-state index contributed by atoms with van der Waals surface area (Å²) in [6, 6.07) is 9.59. The van der Waals surface area contributed by atoms with Crippen molar-refractivity contribution in [2.45, 2.75) is 12.8 Å². The minimum Gasteiger partial charge on any atom is -0.326 e.